The summed E-state index contributed by atoms with van der Waals surface area (Å²) in [7, 11) is 0. The largest absolute Gasteiger partial charge is 0.376 e. The van der Waals surface area contributed by atoms with Crippen molar-refractivity contribution >= 4 is 29.2 Å². The third-order valence-electron chi connectivity index (χ3n) is 5.80. The summed E-state index contributed by atoms with van der Waals surface area (Å²) in [6.07, 6.45) is 0.00262. The zero-order chi connectivity index (χ0) is 22.7. The van der Waals surface area contributed by atoms with Crippen molar-refractivity contribution in [2.75, 3.05) is 44.2 Å². The molecule has 2 aliphatic heterocycles. The standard InChI is InChI=1S/C23H26ClFN4O3/c1-15-14-28(11-12-32-15)20(21-18(24)3-2-4-19(21)25)13-27-22(30)16-5-7-17(8-6-16)29-10-9-26-23(29)31/h2-8,15,20H,9-14H2,1H3,(H,26,31)(H,27,30). The molecule has 2 N–H and O–H groups in total. The molecular weight excluding hydrogens is 435 g/mol. The molecule has 2 heterocycles. The number of carbonyl (C=O) groups excluding carboxylic acids is 2. The molecule has 3 amide bonds. The van der Waals surface area contributed by atoms with E-state index in [0.717, 1.165) is 5.69 Å². The van der Waals surface area contributed by atoms with Gasteiger partial charge in [0.15, 0.2) is 0 Å². The van der Waals surface area contributed by atoms with Gasteiger partial charge in [0.1, 0.15) is 5.82 Å². The van der Waals surface area contributed by atoms with Crippen molar-refractivity contribution < 1.29 is 18.7 Å². The number of amides is 3. The number of rotatable bonds is 6. The average Bonchev–Trinajstić information content (AvgIpc) is 3.21. The quantitative estimate of drug-likeness (QED) is 0.694. The zero-order valence-electron chi connectivity index (χ0n) is 17.8. The maximum Gasteiger partial charge on any atom is 0.321 e. The van der Waals surface area contributed by atoms with E-state index in [1.54, 1.807) is 41.3 Å². The highest BCUT2D eigenvalue weighted by Crippen LogP contribution is 2.31. The number of hydrogen-bond donors (Lipinski definition) is 2. The molecule has 9 heteroatoms. The van der Waals surface area contributed by atoms with Gasteiger partial charge in [-0.2, -0.15) is 0 Å². The summed E-state index contributed by atoms with van der Waals surface area (Å²) in [5.74, 6) is -0.676. The molecule has 2 fully saturated rings. The van der Waals surface area contributed by atoms with Gasteiger partial charge in [-0.3, -0.25) is 14.6 Å². The van der Waals surface area contributed by atoms with Gasteiger partial charge in [-0.05, 0) is 43.3 Å². The van der Waals surface area contributed by atoms with Gasteiger partial charge >= 0.3 is 6.03 Å². The van der Waals surface area contributed by atoms with Crippen molar-refractivity contribution in [3.8, 4) is 0 Å². The maximum absolute atomic E-state index is 14.7. The SMILES string of the molecule is CC1CN(C(CNC(=O)c2ccc(N3CCNC3=O)cc2)c2c(F)cccc2Cl)CCO1. The lowest BCUT2D eigenvalue weighted by Gasteiger charge is -2.38. The number of anilines is 1. The monoisotopic (exact) mass is 460 g/mol. The average molecular weight is 461 g/mol. The molecular formula is C23H26ClFN4O3. The molecule has 170 valence electrons. The van der Waals surface area contributed by atoms with Crippen LogP contribution in [-0.2, 0) is 4.74 Å². The lowest BCUT2D eigenvalue weighted by Crippen LogP contribution is -2.47. The van der Waals surface area contributed by atoms with E-state index in [1.165, 1.54) is 6.07 Å². The van der Waals surface area contributed by atoms with E-state index in [4.69, 9.17) is 16.3 Å². The zero-order valence-corrected chi connectivity index (χ0v) is 18.6. The fourth-order valence-electron chi connectivity index (χ4n) is 4.17. The van der Waals surface area contributed by atoms with Crippen molar-refractivity contribution in [2.45, 2.75) is 19.1 Å². The number of carbonyl (C=O) groups is 2. The van der Waals surface area contributed by atoms with Crippen LogP contribution in [0.5, 0.6) is 0 Å². The molecule has 2 aromatic rings. The second-order valence-corrected chi connectivity index (χ2v) is 8.38. The summed E-state index contributed by atoms with van der Waals surface area (Å²) < 4.78 is 20.4. The van der Waals surface area contributed by atoms with Crippen molar-refractivity contribution in [2.24, 2.45) is 0 Å². The van der Waals surface area contributed by atoms with Crippen molar-refractivity contribution in [1.82, 2.24) is 15.5 Å². The number of urea groups is 1. The Hall–Kier alpha value is -2.68. The number of ether oxygens (including phenoxy) is 1. The molecule has 32 heavy (non-hydrogen) atoms. The van der Waals surface area contributed by atoms with Crippen LogP contribution >= 0.6 is 11.6 Å². The molecule has 0 bridgehead atoms. The Morgan fingerprint density at radius 1 is 1.28 bits per heavy atom. The second-order valence-electron chi connectivity index (χ2n) is 7.97. The Morgan fingerprint density at radius 2 is 2.06 bits per heavy atom. The third kappa shape index (κ3) is 4.87. The van der Waals surface area contributed by atoms with Crippen molar-refractivity contribution in [3.05, 3.63) is 64.4 Å². The van der Waals surface area contributed by atoms with Crippen LogP contribution in [0.25, 0.3) is 0 Å². The number of hydrogen-bond acceptors (Lipinski definition) is 4. The molecule has 0 spiro atoms. The highest BCUT2D eigenvalue weighted by molar-refractivity contribution is 6.31. The third-order valence-corrected chi connectivity index (χ3v) is 6.13. The van der Waals surface area contributed by atoms with Crippen LogP contribution in [-0.4, -0.2) is 62.3 Å². The van der Waals surface area contributed by atoms with Crippen molar-refractivity contribution in [3.63, 3.8) is 0 Å². The van der Waals surface area contributed by atoms with Crippen LogP contribution < -0.4 is 15.5 Å². The summed E-state index contributed by atoms with van der Waals surface area (Å²) in [5, 5.41) is 6.00. The number of halogens is 2. The molecule has 0 aromatic heterocycles. The van der Waals surface area contributed by atoms with Gasteiger partial charge in [0.25, 0.3) is 5.91 Å². The summed E-state index contributed by atoms with van der Waals surface area (Å²) in [6.45, 7) is 5.10. The van der Waals surface area contributed by atoms with E-state index >= 15 is 0 Å². The van der Waals surface area contributed by atoms with Gasteiger partial charge in [0.05, 0.1) is 18.8 Å². The normalized spacial score (nSPS) is 20.2. The predicted octanol–water partition coefficient (Wildman–Crippen LogP) is 3.20. The molecule has 0 saturated carbocycles. The van der Waals surface area contributed by atoms with Crippen LogP contribution in [0.4, 0.5) is 14.9 Å². The fraction of sp³-hybridized carbons (Fsp3) is 0.391. The van der Waals surface area contributed by atoms with Crippen LogP contribution in [0.2, 0.25) is 5.02 Å². The van der Waals surface area contributed by atoms with Crippen LogP contribution in [0.3, 0.4) is 0 Å². The summed E-state index contributed by atoms with van der Waals surface area (Å²) in [5.41, 5.74) is 1.57. The number of morpholine rings is 1. The first-order valence-electron chi connectivity index (χ1n) is 10.7. The fourth-order valence-corrected chi connectivity index (χ4v) is 4.46. The Labute approximate surface area is 191 Å². The Balaban J connectivity index is 1.49. The lowest BCUT2D eigenvalue weighted by molar-refractivity contribution is -0.0346. The number of benzene rings is 2. The Kier molecular flexibility index (Phi) is 6.93. The summed E-state index contributed by atoms with van der Waals surface area (Å²) in [6, 6.07) is 10.9. The minimum atomic E-state index is -0.424. The lowest BCUT2D eigenvalue weighted by atomic mass is 10.0. The van der Waals surface area contributed by atoms with Crippen LogP contribution in [0.15, 0.2) is 42.5 Å². The minimum Gasteiger partial charge on any atom is -0.376 e. The van der Waals surface area contributed by atoms with E-state index in [0.29, 0.717) is 48.9 Å². The predicted molar refractivity (Wildman–Crippen MR) is 121 cm³/mol. The molecule has 0 aliphatic carbocycles. The minimum absolute atomic E-state index is 0.00262. The van der Waals surface area contributed by atoms with E-state index in [2.05, 4.69) is 15.5 Å². The molecule has 2 saturated heterocycles. The van der Waals surface area contributed by atoms with E-state index in [9.17, 15) is 14.0 Å². The second kappa shape index (κ2) is 9.85. The van der Waals surface area contributed by atoms with E-state index in [-0.39, 0.29) is 24.6 Å². The molecule has 0 radical (unpaired) electrons. The summed E-state index contributed by atoms with van der Waals surface area (Å²) >= 11 is 6.36. The summed E-state index contributed by atoms with van der Waals surface area (Å²) in [4.78, 5) is 28.3. The highest BCUT2D eigenvalue weighted by Gasteiger charge is 2.29. The maximum atomic E-state index is 14.7. The molecule has 2 unspecified atom stereocenters. The molecule has 7 nitrogen and oxygen atoms in total. The molecule has 2 atom stereocenters. The number of nitrogens with zero attached hydrogens (tertiary/aromatic N) is 2. The van der Waals surface area contributed by atoms with Crippen LogP contribution in [0.1, 0.15) is 28.9 Å². The van der Waals surface area contributed by atoms with Gasteiger partial charge in [-0.1, -0.05) is 17.7 Å². The van der Waals surface area contributed by atoms with Gasteiger partial charge in [-0.25, -0.2) is 9.18 Å². The highest BCUT2D eigenvalue weighted by atomic mass is 35.5. The smallest absolute Gasteiger partial charge is 0.321 e. The number of nitrogens with one attached hydrogen (secondary N) is 2. The van der Waals surface area contributed by atoms with Gasteiger partial charge in [-0.15, -0.1) is 0 Å². The van der Waals surface area contributed by atoms with Gasteiger partial charge in [0.2, 0.25) is 0 Å². The van der Waals surface area contributed by atoms with Crippen LogP contribution in [0, 0.1) is 5.82 Å². The molecule has 2 aliphatic rings. The first-order chi connectivity index (χ1) is 15.4. The Morgan fingerprint density at radius 3 is 2.72 bits per heavy atom. The first-order valence-corrected chi connectivity index (χ1v) is 11.0. The topological polar surface area (TPSA) is 73.9 Å². The Bertz CT molecular complexity index is 967. The molecule has 4 rings (SSSR count). The van der Waals surface area contributed by atoms with Gasteiger partial charge < -0.3 is 15.4 Å². The molecule has 2 aromatic carbocycles. The van der Waals surface area contributed by atoms with Crippen molar-refractivity contribution in [1.29, 1.82) is 0 Å². The van der Waals surface area contributed by atoms with E-state index in [1.807, 2.05) is 6.92 Å². The van der Waals surface area contributed by atoms with E-state index < -0.39 is 11.9 Å². The first kappa shape index (κ1) is 22.5. The van der Waals surface area contributed by atoms with Gasteiger partial charge in [0, 0.05) is 54.6 Å².